The lowest BCUT2D eigenvalue weighted by Gasteiger charge is -2.20. The topological polar surface area (TPSA) is 68.2 Å². The number of aryl methyl sites for hydroxylation is 1. The number of nitrogens with zero attached hydrogens (tertiary/aromatic N) is 2. The summed E-state index contributed by atoms with van der Waals surface area (Å²) in [6.07, 6.45) is 2.94. The van der Waals surface area contributed by atoms with Crippen molar-refractivity contribution in [3.05, 3.63) is 42.0 Å². The van der Waals surface area contributed by atoms with Crippen LogP contribution in [0.2, 0.25) is 0 Å². The zero-order valence-corrected chi connectivity index (χ0v) is 13.7. The van der Waals surface area contributed by atoms with E-state index in [2.05, 4.69) is 15.7 Å². The van der Waals surface area contributed by atoms with Crippen molar-refractivity contribution in [2.75, 3.05) is 10.6 Å². The van der Waals surface area contributed by atoms with Crippen molar-refractivity contribution in [2.45, 2.75) is 32.9 Å². The molecule has 0 atom stereocenters. The lowest BCUT2D eigenvalue weighted by Crippen LogP contribution is -2.27. The van der Waals surface area contributed by atoms with Crippen LogP contribution in [-0.4, -0.2) is 21.5 Å². The number of hydrogen-bond acceptors (Lipinski definition) is 4. The van der Waals surface area contributed by atoms with Gasteiger partial charge in [0.25, 0.3) is 0 Å². The number of amides is 1. The van der Waals surface area contributed by atoms with Crippen LogP contribution < -0.4 is 10.6 Å². The molecule has 23 heavy (non-hydrogen) atoms. The van der Waals surface area contributed by atoms with Crippen LogP contribution in [0.5, 0.6) is 0 Å². The number of benzene rings is 1. The Morgan fingerprint density at radius 2 is 2.13 bits per heavy atom. The molecule has 124 valence electrons. The number of halogens is 1. The van der Waals surface area contributed by atoms with E-state index in [1.807, 2.05) is 13.2 Å². The standard InChI is InChI=1S/C16H21FN4O2/c1-16(2,3)23-15(22)20-14-7-12(5-6-13(14)17)18-8-11-9-19-21(4)10-11/h5-7,9-10,18H,8H2,1-4H3,(H,20,22). The minimum absolute atomic E-state index is 0.0652. The van der Waals surface area contributed by atoms with Gasteiger partial charge in [0.2, 0.25) is 0 Å². The highest BCUT2D eigenvalue weighted by atomic mass is 19.1. The third-order valence-corrected chi connectivity index (χ3v) is 2.86. The minimum atomic E-state index is -0.694. The highest BCUT2D eigenvalue weighted by Gasteiger charge is 2.17. The molecule has 0 fully saturated rings. The molecule has 0 unspecified atom stereocenters. The van der Waals surface area contributed by atoms with Gasteiger partial charge >= 0.3 is 6.09 Å². The van der Waals surface area contributed by atoms with Gasteiger partial charge < -0.3 is 10.1 Å². The zero-order valence-electron chi connectivity index (χ0n) is 13.7. The molecular weight excluding hydrogens is 299 g/mol. The second-order valence-electron chi connectivity index (χ2n) is 6.20. The van der Waals surface area contributed by atoms with E-state index in [1.54, 1.807) is 37.7 Å². The summed E-state index contributed by atoms with van der Waals surface area (Å²) >= 11 is 0. The van der Waals surface area contributed by atoms with Gasteiger partial charge in [-0.15, -0.1) is 0 Å². The molecule has 0 saturated carbocycles. The monoisotopic (exact) mass is 320 g/mol. The van der Waals surface area contributed by atoms with Crippen LogP contribution in [0.3, 0.4) is 0 Å². The Hall–Kier alpha value is -2.57. The fourth-order valence-electron chi connectivity index (χ4n) is 1.91. The number of carbonyl (C=O) groups excluding carboxylic acids is 1. The summed E-state index contributed by atoms with van der Waals surface area (Å²) in [4.78, 5) is 11.7. The average molecular weight is 320 g/mol. The van der Waals surface area contributed by atoms with Gasteiger partial charge in [0.05, 0.1) is 11.9 Å². The van der Waals surface area contributed by atoms with E-state index in [9.17, 15) is 9.18 Å². The fourth-order valence-corrected chi connectivity index (χ4v) is 1.91. The van der Waals surface area contributed by atoms with Crippen LogP contribution in [0.4, 0.5) is 20.6 Å². The predicted molar refractivity (Wildman–Crippen MR) is 86.8 cm³/mol. The summed E-state index contributed by atoms with van der Waals surface area (Å²) in [7, 11) is 1.84. The number of rotatable bonds is 4. The normalized spacial score (nSPS) is 11.2. The molecule has 0 bridgehead atoms. The molecule has 2 N–H and O–H groups in total. The van der Waals surface area contributed by atoms with Gasteiger partial charge in [-0.2, -0.15) is 5.10 Å². The molecule has 0 saturated heterocycles. The van der Waals surface area contributed by atoms with E-state index in [4.69, 9.17) is 4.74 Å². The molecule has 0 aliphatic rings. The minimum Gasteiger partial charge on any atom is -0.444 e. The zero-order chi connectivity index (χ0) is 17.0. The van der Waals surface area contributed by atoms with Crippen molar-refractivity contribution in [3.8, 4) is 0 Å². The van der Waals surface area contributed by atoms with Gasteiger partial charge in [-0.25, -0.2) is 9.18 Å². The smallest absolute Gasteiger partial charge is 0.412 e. The molecule has 0 aliphatic heterocycles. The quantitative estimate of drug-likeness (QED) is 0.904. The maximum Gasteiger partial charge on any atom is 0.412 e. The second kappa shape index (κ2) is 6.68. The third kappa shape index (κ3) is 5.28. The van der Waals surface area contributed by atoms with Gasteiger partial charge in [0, 0.05) is 31.0 Å². The first-order valence-corrected chi connectivity index (χ1v) is 7.24. The summed E-state index contributed by atoms with van der Waals surface area (Å²) in [6, 6.07) is 4.42. The molecule has 1 amide bonds. The molecule has 2 rings (SSSR count). The number of ether oxygens (including phenoxy) is 1. The molecule has 2 aromatic rings. The van der Waals surface area contributed by atoms with Crippen LogP contribution in [0.15, 0.2) is 30.6 Å². The Morgan fingerprint density at radius 1 is 1.39 bits per heavy atom. The predicted octanol–water partition coefficient (Wildman–Crippen LogP) is 3.52. The fraction of sp³-hybridized carbons (Fsp3) is 0.375. The van der Waals surface area contributed by atoms with Gasteiger partial charge in [-0.1, -0.05) is 0 Å². The van der Waals surface area contributed by atoms with Crippen molar-refractivity contribution in [1.29, 1.82) is 0 Å². The molecular formula is C16H21FN4O2. The number of hydrogen-bond donors (Lipinski definition) is 2. The van der Waals surface area contributed by atoms with E-state index in [0.717, 1.165) is 5.56 Å². The Balaban J connectivity index is 2.02. The second-order valence-corrected chi connectivity index (χ2v) is 6.20. The van der Waals surface area contributed by atoms with Crippen molar-refractivity contribution in [2.24, 2.45) is 7.05 Å². The Kier molecular flexibility index (Phi) is 4.88. The van der Waals surface area contributed by atoms with E-state index < -0.39 is 17.5 Å². The van der Waals surface area contributed by atoms with E-state index >= 15 is 0 Å². The molecule has 1 heterocycles. The lowest BCUT2D eigenvalue weighted by molar-refractivity contribution is 0.0635. The molecule has 0 aliphatic carbocycles. The first kappa shape index (κ1) is 16.8. The van der Waals surface area contributed by atoms with Crippen LogP contribution in [0, 0.1) is 5.82 Å². The van der Waals surface area contributed by atoms with Gasteiger partial charge in [-0.05, 0) is 39.0 Å². The summed E-state index contributed by atoms with van der Waals surface area (Å²) in [6.45, 7) is 5.78. The van der Waals surface area contributed by atoms with Crippen LogP contribution in [-0.2, 0) is 18.3 Å². The SMILES string of the molecule is Cn1cc(CNc2ccc(F)c(NC(=O)OC(C)(C)C)c2)cn1. The van der Waals surface area contributed by atoms with Crippen molar-refractivity contribution >= 4 is 17.5 Å². The Labute approximate surface area is 134 Å². The first-order valence-electron chi connectivity index (χ1n) is 7.24. The largest absolute Gasteiger partial charge is 0.444 e. The third-order valence-electron chi connectivity index (χ3n) is 2.86. The van der Waals surface area contributed by atoms with E-state index in [1.165, 1.54) is 12.1 Å². The summed E-state index contributed by atoms with van der Waals surface area (Å²) < 4.78 is 20.6. The van der Waals surface area contributed by atoms with Gasteiger partial charge in [-0.3, -0.25) is 10.00 Å². The number of anilines is 2. The van der Waals surface area contributed by atoms with E-state index in [-0.39, 0.29) is 5.69 Å². The Bertz CT molecular complexity index is 692. The molecule has 7 heteroatoms. The molecule has 0 radical (unpaired) electrons. The summed E-state index contributed by atoms with van der Waals surface area (Å²) in [5.41, 5.74) is 1.10. The molecule has 0 spiro atoms. The number of nitrogens with one attached hydrogen (secondary N) is 2. The highest BCUT2D eigenvalue weighted by molar-refractivity contribution is 5.85. The first-order chi connectivity index (χ1) is 10.7. The van der Waals surface area contributed by atoms with Gasteiger partial charge in [0.15, 0.2) is 0 Å². The average Bonchev–Trinajstić information content (AvgIpc) is 2.83. The lowest BCUT2D eigenvalue weighted by atomic mass is 10.2. The maximum absolute atomic E-state index is 13.8. The van der Waals surface area contributed by atoms with Crippen molar-refractivity contribution in [3.63, 3.8) is 0 Å². The Morgan fingerprint density at radius 3 is 2.74 bits per heavy atom. The van der Waals surface area contributed by atoms with Crippen LogP contribution in [0.25, 0.3) is 0 Å². The number of aromatic nitrogens is 2. The molecule has 6 nitrogen and oxygen atoms in total. The van der Waals surface area contributed by atoms with Gasteiger partial charge in [0.1, 0.15) is 11.4 Å². The summed E-state index contributed by atoms with van der Waals surface area (Å²) in [5.74, 6) is -0.525. The van der Waals surface area contributed by atoms with Crippen molar-refractivity contribution < 1.29 is 13.9 Å². The van der Waals surface area contributed by atoms with Crippen LogP contribution >= 0.6 is 0 Å². The molecule has 1 aromatic carbocycles. The summed E-state index contributed by atoms with van der Waals surface area (Å²) in [5, 5.41) is 9.65. The van der Waals surface area contributed by atoms with Crippen molar-refractivity contribution in [1.82, 2.24) is 9.78 Å². The highest BCUT2D eigenvalue weighted by Crippen LogP contribution is 2.21. The van der Waals surface area contributed by atoms with Crippen LogP contribution in [0.1, 0.15) is 26.3 Å². The maximum atomic E-state index is 13.8. The van der Waals surface area contributed by atoms with E-state index in [0.29, 0.717) is 12.2 Å². The molecule has 1 aromatic heterocycles. The number of carbonyl (C=O) groups is 1.